The Kier molecular flexibility index (Phi) is 13.3. The second kappa shape index (κ2) is 16.7. The van der Waals surface area contributed by atoms with Crippen LogP contribution in [-0.4, -0.2) is 22.6 Å². The zero-order valence-corrected chi connectivity index (χ0v) is 24.5. The Labute approximate surface area is 238 Å². The van der Waals surface area contributed by atoms with Gasteiger partial charge >= 0.3 is 7.60 Å². The first-order valence-corrected chi connectivity index (χ1v) is 16.4. The van der Waals surface area contributed by atoms with Crippen molar-refractivity contribution in [2.24, 2.45) is 0 Å². The maximum absolute atomic E-state index is 15.1. The van der Waals surface area contributed by atoms with Gasteiger partial charge in [0.1, 0.15) is 5.75 Å². The van der Waals surface area contributed by atoms with Gasteiger partial charge in [-0.05, 0) is 54.5 Å². The van der Waals surface area contributed by atoms with Crippen molar-refractivity contribution >= 4 is 7.60 Å². The van der Waals surface area contributed by atoms with Crippen LogP contribution in [0.3, 0.4) is 0 Å². The topological polar surface area (TPSA) is 66.8 Å². The smallest absolute Gasteiger partial charge is 0.325 e. The fourth-order valence-electron chi connectivity index (χ4n) is 4.83. The van der Waals surface area contributed by atoms with Crippen LogP contribution < -0.4 is 4.74 Å². The molecule has 0 bridgehead atoms. The van der Waals surface area contributed by atoms with Crippen LogP contribution in [0.25, 0.3) is 22.3 Å². The van der Waals surface area contributed by atoms with Gasteiger partial charge in [0.15, 0.2) is 11.6 Å². The van der Waals surface area contributed by atoms with Crippen molar-refractivity contribution in [3.05, 3.63) is 77.9 Å². The van der Waals surface area contributed by atoms with Gasteiger partial charge in [0.25, 0.3) is 0 Å². The summed E-state index contributed by atoms with van der Waals surface area (Å²) in [5, 5.41) is 0. The lowest BCUT2D eigenvalue weighted by molar-refractivity contribution is 0.304. The first-order chi connectivity index (χ1) is 19.3. The molecular formula is C33H43F2O4P. The molecule has 0 aliphatic carbocycles. The maximum atomic E-state index is 15.1. The van der Waals surface area contributed by atoms with E-state index < -0.39 is 19.2 Å². The van der Waals surface area contributed by atoms with E-state index in [0.29, 0.717) is 29.9 Å². The molecule has 4 nitrogen and oxygen atoms in total. The highest BCUT2D eigenvalue weighted by Gasteiger charge is 2.16. The fourth-order valence-corrected chi connectivity index (χ4v) is 5.46. The number of benzene rings is 3. The van der Waals surface area contributed by atoms with Gasteiger partial charge in [-0.3, -0.25) is 4.57 Å². The van der Waals surface area contributed by atoms with Crippen LogP contribution in [-0.2, 0) is 11.0 Å². The van der Waals surface area contributed by atoms with Gasteiger partial charge in [-0.15, -0.1) is 0 Å². The summed E-state index contributed by atoms with van der Waals surface area (Å²) < 4.78 is 46.8. The van der Waals surface area contributed by atoms with Crippen LogP contribution in [0, 0.1) is 11.6 Å². The molecule has 0 amide bonds. The number of hydrogen-bond donors (Lipinski definition) is 2. The largest absolute Gasteiger partial charge is 0.494 e. The summed E-state index contributed by atoms with van der Waals surface area (Å²) in [4.78, 5) is 17.7. The molecular weight excluding hydrogens is 529 g/mol. The van der Waals surface area contributed by atoms with E-state index in [9.17, 15) is 4.57 Å². The maximum Gasteiger partial charge on any atom is 0.325 e. The second-order valence-electron chi connectivity index (χ2n) is 10.5. The van der Waals surface area contributed by atoms with E-state index in [0.717, 1.165) is 57.8 Å². The highest BCUT2D eigenvalue weighted by atomic mass is 31.2. The quantitative estimate of drug-likeness (QED) is 0.118. The van der Waals surface area contributed by atoms with Crippen molar-refractivity contribution in [2.75, 3.05) is 12.8 Å². The van der Waals surface area contributed by atoms with Crippen LogP contribution in [0.4, 0.5) is 8.78 Å². The van der Waals surface area contributed by atoms with Crippen molar-refractivity contribution in [1.29, 1.82) is 0 Å². The summed E-state index contributed by atoms with van der Waals surface area (Å²) in [7, 11) is -3.85. The molecule has 40 heavy (non-hydrogen) atoms. The highest BCUT2D eigenvalue weighted by Crippen LogP contribution is 2.35. The van der Waals surface area contributed by atoms with Crippen molar-refractivity contribution in [1.82, 2.24) is 0 Å². The molecule has 0 aromatic heterocycles. The van der Waals surface area contributed by atoms with Gasteiger partial charge in [0, 0.05) is 17.3 Å². The highest BCUT2D eigenvalue weighted by molar-refractivity contribution is 7.51. The van der Waals surface area contributed by atoms with Crippen molar-refractivity contribution < 1.29 is 27.9 Å². The average molecular weight is 573 g/mol. The van der Waals surface area contributed by atoms with E-state index in [4.69, 9.17) is 14.5 Å². The lowest BCUT2D eigenvalue weighted by atomic mass is 9.97. The Morgan fingerprint density at radius 3 is 1.68 bits per heavy atom. The Bertz CT molecular complexity index is 1210. The van der Waals surface area contributed by atoms with E-state index >= 15 is 8.78 Å². The molecule has 3 aromatic rings. The van der Waals surface area contributed by atoms with Crippen LogP contribution >= 0.6 is 7.60 Å². The zero-order chi connectivity index (χ0) is 28.8. The summed E-state index contributed by atoms with van der Waals surface area (Å²) in [6.45, 7) is 2.77. The number of ether oxygens (including phenoxy) is 1. The molecule has 3 aromatic carbocycles. The minimum absolute atomic E-state index is 0.0162. The van der Waals surface area contributed by atoms with E-state index in [1.54, 1.807) is 36.4 Å². The molecule has 0 atom stereocenters. The summed E-state index contributed by atoms with van der Waals surface area (Å²) in [5.74, 6) is -0.983. The van der Waals surface area contributed by atoms with Crippen molar-refractivity contribution in [2.45, 2.75) is 84.0 Å². The lowest BCUT2D eigenvalue weighted by Crippen LogP contribution is -1.98. The van der Waals surface area contributed by atoms with Gasteiger partial charge in [0.05, 0.1) is 6.61 Å². The number of hydrogen-bond acceptors (Lipinski definition) is 2. The second-order valence-corrected chi connectivity index (χ2v) is 12.3. The van der Waals surface area contributed by atoms with Gasteiger partial charge in [0.2, 0.25) is 0 Å². The Balaban J connectivity index is 1.42. The standard InChI is InChI=1S/C33H43F2O4P/c1-2-3-10-13-26-14-16-27(17-15-26)30-22-23-31(33(35)32(30)34)28-18-20-29(21-19-28)39-24-11-8-6-4-5-7-9-12-25-40(36,37)38/h14-23H,2-13,24-25H2,1H3,(H2,36,37,38). The molecule has 3 rings (SSSR count). The molecule has 2 N–H and O–H groups in total. The zero-order valence-electron chi connectivity index (χ0n) is 23.6. The Morgan fingerprint density at radius 1 is 0.650 bits per heavy atom. The molecule has 0 aliphatic heterocycles. The molecule has 0 fully saturated rings. The van der Waals surface area contributed by atoms with Crippen LogP contribution in [0.5, 0.6) is 5.75 Å². The normalized spacial score (nSPS) is 11.6. The number of halogens is 2. The molecule has 0 saturated carbocycles. The number of rotatable bonds is 18. The molecule has 7 heteroatoms. The third-order valence-electron chi connectivity index (χ3n) is 7.19. The number of unbranched alkanes of at least 4 members (excludes halogenated alkanes) is 9. The molecule has 0 spiro atoms. The average Bonchev–Trinajstić information content (AvgIpc) is 2.94. The van der Waals surface area contributed by atoms with Crippen LogP contribution in [0.15, 0.2) is 60.7 Å². The SMILES string of the molecule is CCCCCc1ccc(-c2ccc(-c3ccc(OCCCCCCCCCCP(=O)(O)O)cc3)c(F)c2F)cc1. The van der Waals surface area contributed by atoms with Gasteiger partial charge in [-0.2, -0.15) is 0 Å². The fraction of sp³-hybridized carbons (Fsp3) is 0.455. The molecule has 218 valence electrons. The van der Waals surface area contributed by atoms with Crippen LogP contribution in [0.1, 0.15) is 83.1 Å². The molecule has 0 heterocycles. The monoisotopic (exact) mass is 572 g/mol. The van der Waals surface area contributed by atoms with Gasteiger partial charge in [-0.25, -0.2) is 8.78 Å². The van der Waals surface area contributed by atoms with E-state index in [2.05, 4.69) is 6.92 Å². The predicted octanol–water partition coefficient (Wildman–Crippen LogP) is 9.71. The minimum Gasteiger partial charge on any atom is -0.494 e. The third-order valence-corrected chi connectivity index (χ3v) is 8.09. The minimum atomic E-state index is -3.85. The van der Waals surface area contributed by atoms with Crippen LogP contribution in [0.2, 0.25) is 0 Å². The Hall–Kier alpha value is -2.53. The lowest BCUT2D eigenvalue weighted by Gasteiger charge is -2.11. The van der Waals surface area contributed by atoms with Gasteiger partial charge < -0.3 is 14.5 Å². The summed E-state index contributed by atoms with van der Waals surface area (Å²) in [5.41, 5.74) is 2.97. The van der Waals surface area contributed by atoms with E-state index in [-0.39, 0.29) is 17.3 Å². The predicted molar refractivity (Wildman–Crippen MR) is 160 cm³/mol. The molecule has 0 saturated heterocycles. The van der Waals surface area contributed by atoms with Crippen molar-refractivity contribution in [3.63, 3.8) is 0 Å². The third kappa shape index (κ3) is 10.8. The first kappa shape index (κ1) is 32.0. The van der Waals surface area contributed by atoms with Gasteiger partial charge in [-0.1, -0.05) is 107 Å². The Morgan fingerprint density at radius 2 is 1.15 bits per heavy atom. The van der Waals surface area contributed by atoms with Crippen molar-refractivity contribution in [3.8, 4) is 28.0 Å². The van der Waals surface area contributed by atoms with E-state index in [1.807, 2.05) is 24.3 Å². The summed E-state index contributed by atoms with van der Waals surface area (Å²) >= 11 is 0. The molecule has 0 radical (unpaired) electrons. The molecule has 0 unspecified atom stereocenters. The first-order valence-electron chi connectivity index (χ1n) is 14.6. The van der Waals surface area contributed by atoms with E-state index in [1.165, 1.54) is 18.4 Å². The summed E-state index contributed by atoms with van der Waals surface area (Å²) in [6.07, 6.45) is 12.2. The summed E-state index contributed by atoms with van der Waals surface area (Å²) in [6, 6.07) is 18.1. The molecule has 0 aliphatic rings. The number of aryl methyl sites for hydroxylation is 1.